The quantitative estimate of drug-likeness (QED) is 0.735. The zero-order valence-electron chi connectivity index (χ0n) is 12.8. The zero-order valence-corrected chi connectivity index (χ0v) is 13.7. The van der Waals surface area contributed by atoms with Crippen LogP contribution in [0, 0.1) is 5.92 Å². The molecule has 1 saturated carbocycles. The first kappa shape index (κ1) is 16.9. The molecule has 1 aliphatic carbocycles. The molecule has 6 nitrogen and oxygen atoms in total. The van der Waals surface area contributed by atoms with Gasteiger partial charge in [0, 0.05) is 12.1 Å². The van der Waals surface area contributed by atoms with E-state index in [1.165, 1.54) is 24.3 Å². The minimum Gasteiger partial charge on any atom is -0.462 e. The van der Waals surface area contributed by atoms with Crippen molar-refractivity contribution in [2.75, 3.05) is 13.2 Å². The highest BCUT2D eigenvalue weighted by Gasteiger charge is 2.43. The number of rotatable bonds is 7. The number of nitrogens with one attached hydrogen (secondary N) is 1. The van der Waals surface area contributed by atoms with Crippen molar-refractivity contribution in [3.05, 3.63) is 29.8 Å². The van der Waals surface area contributed by atoms with E-state index in [9.17, 15) is 13.2 Å². The second kappa shape index (κ2) is 6.36. The highest BCUT2D eigenvalue weighted by atomic mass is 32.2. The molecule has 1 atom stereocenters. The van der Waals surface area contributed by atoms with Gasteiger partial charge < -0.3 is 10.5 Å². The first-order valence-electron chi connectivity index (χ1n) is 7.33. The van der Waals surface area contributed by atoms with Crippen LogP contribution in [0.25, 0.3) is 0 Å². The van der Waals surface area contributed by atoms with Crippen molar-refractivity contribution in [3.8, 4) is 0 Å². The summed E-state index contributed by atoms with van der Waals surface area (Å²) in [6.07, 6.45) is 1.97. The van der Waals surface area contributed by atoms with Gasteiger partial charge in [-0.2, -0.15) is 0 Å². The van der Waals surface area contributed by atoms with Gasteiger partial charge in [-0.25, -0.2) is 17.9 Å². The van der Waals surface area contributed by atoms with E-state index in [4.69, 9.17) is 10.5 Å². The molecule has 2 rings (SSSR count). The molecule has 0 aromatic heterocycles. The van der Waals surface area contributed by atoms with E-state index in [1.54, 1.807) is 6.92 Å². The summed E-state index contributed by atoms with van der Waals surface area (Å²) in [6.45, 7) is 4.07. The van der Waals surface area contributed by atoms with Crippen LogP contribution in [-0.4, -0.2) is 33.1 Å². The fourth-order valence-electron chi connectivity index (χ4n) is 2.36. The Balaban J connectivity index is 2.17. The molecule has 22 heavy (non-hydrogen) atoms. The summed E-state index contributed by atoms with van der Waals surface area (Å²) in [6, 6.07) is 5.70. The summed E-state index contributed by atoms with van der Waals surface area (Å²) in [5.41, 5.74) is 5.44. The minimum absolute atomic E-state index is 0.112. The number of ether oxygens (including phenoxy) is 1. The lowest BCUT2D eigenvalue weighted by molar-refractivity contribution is 0.0526. The molecule has 0 spiro atoms. The molecule has 0 aliphatic heterocycles. The van der Waals surface area contributed by atoms with E-state index in [0.717, 1.165) is 12.8 Å². The van der Waals surface area contributed by atoms with Gasteiger partial charge in [0.2, 0.25) is 10.0 Å². The van der Waals surface area contributed by atoms with Crippen molar-refractivity contribution < 1.29 is 17.9 Å². The number of carbonyl (C=O) groups is 1. The number of benzene rings is 1. The molecule has 1 aromatic rings. The van der Waals surface area contributed by atoms with Gasteiger partial charge in [-0.1, -0.05) is 0 Å². The SMILES string of the molecule is CCOC(=O)c1ccc(S(=O)(=O)NC(C)(CN)C2CC2)cc1. The number of sulfonamides is 1. The van der Waals surface area contributed by atoms with Gasteiger partial charge >= 0.3 is 5.97 Å². The van der Waals surface area contributed by atoms with E-state index in [-0.39, 0.29) is 24.0 Å². The van der Waals surface area contributed by atoms with Crippen molar-refractivity contribution in [2.45, 2.75) is 37.1 Å². The molecule has 122 valence electrons. The van der Waals surface area contributed by atoms with Gasteiger partial charge in [0.05, 0.1) is 17.1 Å². The summed E-state index contributed by atoms with van der Waals surface area (Å²) >= 11 is 0. The molecule has 1 fully saturated rings. The third-order valence-electron chi connectivity index (χ3n) is 3.95. The van der Waals surface area contributed by atoms with Gasteiger partial charge in [-0.05, 0) is 56.9 Å². The van der Waals surface area contributed by atoms with Gasteiger partial charge in [0.25, 0.3) is 0 Å². The van der Waals surface area contributed by atoms with Crippen LogP contribution in [0.3, 0.4) is 0 Å². The van der Waals surface area contributed by atoms with Crippen LogP contribution in [0.4, 0.5) is 0 Å². The Morgan fingerprint density at radius 3 is 2.41 bits per heavy atom. The predicted octanol–water partition coefficient (Wildman–Crippen LogP) is 1.27. The molecule has 1 unspecified atom stereocenters. The fourth-order valence-corrected chi connectivity index (χ4v) is 3.84. The average molecular weight is 326 g/mol. The Morgan fingerprint density at radius 1 is 1.36 bits per heavy atom. The monoisotopic (exact) mass is 326 g/mol. The molecule has 3 N–H and O–H groups in total. The lowest BCUT2D eigenvalue weighted by Gasteiger charge is -2.29. The molecule has 0 bridgehead atoms. The largest absolute Gasteiger partial charge is 0.462 e. The minimum atomic E-state index is -3.67. The van der Waals surface area contributed by atoms with Crippen LogP contribution in [0.1, 0.15) is 37.0 Å². The fraction of sp³-hybridized carbons (Fsp3) is 0.533. The third kappa shape index (κ3) is 3.66. The summed E-state index contributed by atoms with van der Waals surface area (Å²) in [7, 11) is -3.67. The number of hydrogen-bond donors (Lipinski definition) is 2. The second-order valence-electron chi connectivity index (χ2n) is 5.75. The van der Waals surface area contributed by atoms with Gasteiger partial charge in [0.15, 0.2) is 0 Å². The first-order valence-corrected chi connectivity index (χ1v) is 8.82. The normalized spacial score (nSPS) is 17.8. The van der Waals surface area contributed by atoms with E-state index in [2.05, 4.69) is 4.72 Å². The van der Waals surface area contributed by atoms with Crippen LogP contribution < -0.4 is 10.5 Å². The van der Waals surface area contributed by atoms with Crippen molar-refractivity contribution in [1.29, 1.82) is 0 Å². The summed E-state index contributed by atoms with van der Waals surface area (Å²) in [5.74, 6) is -0.185. The summed E-state index contributed by atoms with van der Waals surface area (Å²) < 4.78 is 32.5. The number of carbonyl (C=O) groups excluding carboxylic acids is 1. The van der Waals surface area contributed by atoms with Crippen molar-refractivity contribution in [2.24, 2.45) is 11.7 Å². The third-order valence-corrected chi connectivity index (χ3v) is 5.57. The molecule has 0 radical (unpaired) electrons. The maximum Gasteiger partial charge on any atom is 0.338 e. The second-order valence-corrected chi connectivity index (χ2v) is 7.43. The van der Waals surface area contributed by atoms with Gasteiger partial charge in [-0.3, -0.25) is 0 Å². The molecule has 0 saturated heterocycles. The zero-order chi connectivity index (χ0) is 16.4. The van der Waals surface area contributed by atoms with Crippen LogP contribution in [0.15, 0.2) is 29.2 Å². The number of esters is 1. The number of hydrogen-bond acceptors (Lipinski definition) is 5. The maximum absolute atomic E-state index is 12.5. The van der Waals surface area contributed by atoms with Crippen LogP contribution in [-0.2, 0) is 14.8 Å². The predicted molar refractivity (Wildman–Crippen MR) is 82.9 cm³/mol. The first-order chi connectivity index (χ1) is 10.3. The molecule has 1 aliphatic rings. The van der Waals surface area contributed by atoms with E-state index >= 15 is 0 Å². The highest BCUT2D eigenvalue weighted by Crippen LogP contribution is 2.39. The smallest absolute Gasteiger partial charge is 0.338 e. The van der Waals surface area contributed by atoms with E-state index < -0.39 is 21.5 Å². The van der Waals surface area contributed by atoms with Crippen molar-refractivity contribution in [3.63, 3.8) is 0 Å². The Kier molecular flexibility index (Phi) is 4.89. The van der Waals surface area contributed by atoms with Gasteiger partial charge in [0.1, 0.15) is 0 Å². The lowest BCUT2D eigenvalue weighted by Crippen LogP contribution is -2.52. The van der Waals surface area contributed by atoms with Crippen molar-refractivity contribution in [1.82, 2.24) is 4.72 Å². The molecular formula is C15H22N2O4S. The Morgan fingerprint density at radius 2 is 1.95 bits per heavy atom. The summed E-state index contributed by atoms with van der Waals surface area (Å²) in [4.78, 5) is 11.7. The molecule has 0 amide bonds. The van der Waals surface area contributed by atoms with Crippen LogP contribution >= 0.6 is 0 Å². The van der Waals surface area contributed by atoms with Crippen LogP contribution in [0.2, 0.25) is 0 Å². The molecule has 0 heterocycles. The molecular weight excluding hydrogens is 304 g/mol. The van der Waals surface area contributed by atoms with Crippen LogP contribution in [0.5, 0.6) is 0 Å². The van der Waals surface area contributed by atoms with E-state index in [0.29, 0.717) is 5.56 Å². The standard InChI is InChI=1S/C15H22N2O4S/c1-3-21-14(18)11-4-8-13(9-5-11)22(19,20)17-15(2,10-16)12-6-7-12/h4-5,8-9,12,17H,3,6-7,10,16H2,1-2H3. The topological polar surface area (TPSA) is 98.5 Å². The average Bonchev–Trinajstić information content (AvgIpc) is 3.32. The Labute approximate surface area is 131 Å². The Hall–Kier alpha value is -1.44. The van der Waals surface area contributed by atoms with Gasteiger partial charge in [-0.15, -0.1) is 0 Å². The van der Waals surface area contributed by atoms with E-state index in [1.807, 2.05) is 6.92 Å². The number of nitrogens with two attached hydrogens (primary N) is 1. The maximum atomic E-state index is 12.5. The lowest BCUT2D eigenvalue weighted by atomic mass is 9.98. The summed E-state index contributed by atoms with van der Waals surface area (Å²) in [5, 5.41) is 0. The Bertz CT molecular complexity index is 638. The molecule has 1 aromatic carbocycles. The van der Waals surface area contributed by atoms with Crippen molar-refractivity contribution >= 4 is 16.0 Å². The highest BCUT2D eigenvalue weighted by molar-refractivity contribution is 7.89. The molecule has 7 heteroatoms.